The first-order valence-corrected chi connectivity index (χ1v) is 7.97. The minimum Gasteiger partial charge on any atom is -0.461 e. The van der Waals surface area contributed by atoms with E-state index in [0.717, 1.165) is 0 Å². The molecular weight excluding hydrogens is 338 g/mol. The second-order valence-corrected chi connectivity index (χ2v) is 5.34. The molecule has 26 heavy (non-hydrogen) atoms. The molecule has 1 aromatic carbocycles. The molecule has 2 amide bonds. The highest BCUT2D eigenvalue weighted by Crippen LogP contribution is 2.12. The molecule has 0 radical (unpaired) electrons. The molecule has 0 unspecified atom stereocenters. The number of methoxy groups -OCH3 is 1. The van der Waals surface area contributed by atoms with Gasteiger partial charge >= 0.3 is 12.0 Å². The van der Waals surface area contributed by atoms with Crippen LogP contribution in [-0.4, -0.2) is 62.1 Å². The molecule has 0 aliphatic carbocycles. The second kappa shape index (κ2) is 9.99. The monoisotopic (exact) mass is 361 g/mol. The first-order valence-electron chi connectivity index (χ1n) is 7.97. The average Bonchev–Trinajstić information content (AvgIpc) is 2.64. The molecule has 140 valence electrons. The number of hydrogen-bond acceptors (Lipinski definition) is 8. The third-order valence-corrected chi connectivity index (χ3v) is 3.03. The summed E-state index contributed by atoms with van der Waals surface area (Å²) in [6.45, 7) is 0.767. The van der Waals surface area contributed by atoms with E-state index in [-0.39, 0.29) is 25.4 Å². The van der Waals surface area contributed by atoms with Gasteiger partial charge in [-0.2, -0.15) is 15.0 Å². The van der Waals surface area contributed by atoms with Crippen LogP contribution in [0.5, 0.6) is 6.01 Å². The van der Waals surface area contributed by atoms with Gasteiger partial charge in [-0.1, -0.05) is 18.2 Å². The fourth-order valence-electron chi connectivity index (χ4n) is 1.83. The van der Waals surface area contributed by atoms with Crippen molar-refractivity contribution in [3.63, 3.8) is 0 Å². The maximum Gasteiger partial charge on any atom is 0.323 e. The number of carbonyl (C=O) groups excluding carboxylic acids is 1. The van der Waals surface area contributed by atoms with Crippen molar-refractivity contribution in [2.45, 2.75) is 0 Å². The Balaban J connectivity index is 1.82. The molecule has 0 saturated heterocycles. The summed E-state index contributed by atoms with van der Waals surface area (Å²) in [5, 5.41) is 8.31. The zero-order chi connectivity index (χ0) is 18.8. The Morgan fingerprint density at radius 2 is 1.92 bits per heavy atom. The van der Waals surface area contributed by atoms with E-state index < -0.39 is 0 Å². The van der Waals surface area contributed by atoms with Gasteiger partial charge in [-0.05, 0) is 12.1 Å². The number of nitrogens with zero attached hydrogens (tertiary/aromatic N) is 4. The van der Waals surface area contributed by atoms with Crippen LogP contribution < -0.4 is 25.6 Å². The topological polar surface area (TPSA) is 114 Å². The average molecular weight is 361 g/mol. The summed E-state index contributed by atoms with van der Waals surface area (Å²) in [6, 6.07) is 9.02. The number of nitrogens with one attached hydrogen (secondary N) is 3. The van der Waals surface area contributed by atoms with Gasteiger partial charge < -0.3 is 30.3 Å². The van der Waals surface area contributed by atoms with Crippen molar-refractivity contribution < 1.29 is 14.3 Å². The van der Waals surface area contributed by atoms with Crippen LogP contribution in [0, 0.1) is 0 Å². The summed E-state index contributed by atoms with van der Waals surface area (Å²) in [6.07, 6.45) is 0. The van der Waals surface area contributed by atoms with E-state index in [1.54, 1.807) is 24.1 Å². The number of anilines is 3. The molecule has 1 aromatic heterocycles. The molecule has 10 nitrogen and oxygen atoms in total. The van der Waals surface area contributed by atoms with Crippen molar-refractivity contribution >= 4 is 23.6 Å². The third kappa shape index (κ3) is 6.40. The molecule has 0 aliphatic heterocycles. The van der Waals surface area contributed by atoms with E-state index in [1.807, 2.05) is 32.3 Å². The van der Waals surface area contributed by atoms with Gasteiger partial charge in [-0.25, -0.2) is 4.79 Å². The lowest BCUT2D eigenvalue weighted by molar-refractivity contribution is 0.220. The molecule has 0 fully saturated rings. The summed E-state index contributed by atoms with van der Waals surface area (Å²) in [5.41, 5.74) is 0.716. The highest BCUT2D eigenvalue weighted by Gasteiger charge is 2.09. The fraction of sp³-hybridized carbons (Fsp3) is 0.375. The summed E-state index contributed by atoms with van der Waals surface area (Å²) in [7, 11) is 5.19. The number of ether oxygens (including phenoxy) is 2. The summed E-state index contributed by atoms with van der Waals surface area (Å²) in [4.78, 5) is 26.1. The van der Waals surface area contributed by atoms with Crippen molar-refractivity contribution in [2.24, 2.45) is 0 Å². The van der Waals surface area contributed by atoms with Gasteiger partial charge in [0.1, 0.15) is 13.3 Å². The van der Waals surface area contributed by atoms with E-state index in [2.05, 4.69) is 30.9 Å². The predicted octanol–water partition coefficient (Wildman–Crippen LogP) is 1.15. The maximum atomic E-state index is 11.8. The second-order valence-electron chi connectivity index (χ2n) is 5.34. The normalized spacial score (nSPS) is 10.1. The van der Waals surface area contributed by atoms with E-state index in [4.69, 9.17) is 9.47 Å². The standard InChI is InChI=1S/C16H23N7O3/c1-23(2)14-20-13(18-11-25-3)21-16(22-14)26-10-9-17-15(24)19-12-7-5-4-6-8-12/h4-8H,9-11H2,1-3H3,(H2,17,19,24)(H,18,20,21,22). The number of para-hydroxylation sites is 1. The van der Waals surface area contributed by atoms with Crippen molar-refractivity contribution in [3.8, 4) is 6.01 Å². The Hall–Kier alpha value is -3.14. The first-order chi connectivity index (χ1) is 12.6. The first kappa shape index (κ1) is 19.2. The van der Waals surface area contributed by atoms with Crippen molar-refractivity contribution in [1.82, 2.24) is 20.3 Å². The summed E-state index contributed by atoms with van der Waals surface area (Å²) in [5.74, 6) is 0.790. The van der Waals surface area contributed by atoms with Gasteiger partial charge in [0.2, 0.25) is 11.9 Å². The SMILES string of the molecule is COCNc1nc(OCCNC(=O)Nc2ccccc2)nc(N(C)C)n1. The lowest BCUT2D eigenvalue weighted by atomic mass is 10.3. The van der Waals surface area contributed by atoms with Crippen LogP contribution in [0.3, 0.4) is 0 Å². The number of aromatic nitrogens is 3. The van der Waals surface area contributed by atoms with Gasteiger partial charge in [0.25, 0.3) is 0 Å². The largest absolute Gasteiger partial charge is 0.461 e. The van der Waals surface area contributed by atoms with Crippen molar-refractivity contribution in [2.75, 3.05) is 56.6 Å². The Bertz CT molecular complexity index is 697. The number of urea groups is 1. The highest BCUT2D eigenvalue weighted by atomic mass is 16.5. The number of carbonyl (C=O) groups is 1. The highest BCUT2D eigenvalue weighted by molar-refractivity contribution is 5.89. The van der Waals surface area contributed by atoms with Crippen LogP contribution in [0.15, 0.2) is 30.3 Å². The Morgan fingerprint density at radius 3 is 2.62 bits per heavy atom. The zero-order valence-electron chi connectivity index (χ0n) is 15.0. The number of hydrogen-bond donors (Lipinski definition) is 3. The molecule has 0 spiro atoms. The number of benzene rings is 1. The van der Waals surface area contributed by atoms with Gasteiger partial charge in [0.15, 0.2) is 0 Å². The van der Waals surface area contributed by atoms with E-state index in [1.165, 1.54) is 0 Å². The van der Waals surface area contributed by atoms with Gasteiger partial charge in [-0.3, -0.25) is 0 Å². The molecule has 2 rings (SSSR count). The lowest BCUT2D eigenvalue weighted by Crippen LogP contribution is -2.32. The van der Waals surface area contributed by atoms with Crippen LogP contribution in [0.25, 0.3) is 0 Å². The Kier molecular flexibility index (Phi) is 7.37. The Labute approximate surface area is 152 Å². The van der Waals surface area contributed by atoms with Crippen LogP contribution in [-0.2, 0) is 4.74 Å². The van der Waals surface area contributed by atoms with E-state index in [0.29, 0.717) is 24.1 Å². The molecule has 0 saturated carbocycles. The van der Waals surface area contributed by atoms with Gasteiger partial charge in [-0.15, -0.1) is 0 Å². The lowest BCUT2D eigenvalue weighted by Gasteiger charge is -2.13. The maximum absolute atomic E-state index is 11.8. The van der Waals surface area contributed by atoms with Gasteiger partial charge in [0.05, 0.1) is 6.54 Å². The minimum absolute atomic E-state index is 0.160. The summed E-state index contributed by atoms with van der Waals surface area (Å²) < 4.78 is 10.4. The molecule has 0 atom stereocenters. The molecule has 1 heterocycles. The Morgan fingerprint density at radius 1 is 1.15 bits per heavy atom. The molecule has 0 bridgehead atoms. The van der Waals surface area contributed by atoms with Crippen LogP contribution in [0.4, 0.5) is 22.4 Å². The molecule has 0 aliphatic rings. The molecule has 2 aromatic rings. The van der Waals surface area contributed by atoms with Crippen molar-refractivity contribution in [1.29, 1.82) is 0 Å². The number of amides is 2. The van der Waals surface area contributed by atoms with Gasteiger partial charge in [0, 0.05) is 26.9 Å². The fourth-order valence-corrected chi connectivity index (χ4v) is 1.83. The van der Waals surface area contributed by atoms with Crippen molar-refractivity contribution in [3.05, 3.63) is 30.3 Å². The zero-order valence-corrected chi connectivity index (χ0v) is 15.0. The van der Waals surface area contributed by atoms with Crippen LogP contribution in [0.2, 0.25) is 0 Å². The molecular formula is C16H23N7O3. The van der Waals surface area contributed by atoms with Crippen LogP contribution >= 0.6 is 0 Å². The quantitative estimate of drug-likeness (QED) is 0.450. The van der Waals surface area contributed by atoms with E-state index in [9.17, 15) is 4.79 Å². The molecule has 10 heteroatoms. The number of rotatable bonds is 9. The predicted molar refractivity (Wildman–Crippen MR) is 98.6 cm³/mol. The summed E-state index contributed by atoms with van der Waals surface area (Å²) >= 11 is 0. The van der Waals surface area contributed by atoms with E-state index >= 15 is 0 Å². The third-order valence-electron chi connectivity index (χ3n) is 3.03. The minimum atomic E-state index is -0.313. The smallest absolute Gasteiger partial charge is 0.323 e. The molecule has 3 N–H and O–H groups in total. The van der Waals surface area contributed by atoms with Crippen LogP contribution in [0.1, 0.15) is 0 Å².